The first-order chi connectivity index (χ1) is 11.9. The van der Waals surface area contributed by atoms with Crippen molar-refractivity contribution in [2.75, 3.05) is 5.73 Å². The van der Waals surface area contributed by atoms with Crippen LogP contribution >= 0.6 is 0 Å². The number of aryl methyl sites for hydroxylation is 1. The van der Waals surface area contributed by atoms with Gasteiger partial charge in [-0.2, -0.15) is 0 Å². The van der Waals surface area contributed by atoms with Crippen LogP contribution in [0.1, 0.15) is 36.6 Å². The van der Waals surface area contributed by atoms with Gasteiger partial charge in [-0.25, -0.2) is 4.98 Å². The Morgan fingerprint density at radius 2 is 2.16 bits per heavy atom. The van der Waals surface area contributed by atoms with Crippen molar-refractivity contribution in [2.45, 2.75) is 44.7 Å². The molecule has 25 heavy (non-hydrogen) atoms. The molecule has 8 nitrogen and oxygen atoms in total. The van der Waals surface area contributed by atoms with Crippen LogP contribution in [-0.4, -0.2) is 26.5 Å². The number of hydrogen-bond acceptors (Lipinski definition) is 5. The molecular formula is C17H21N5O3. The topological polar surface area (TPSA) is 123 Å². The molecule has 0 spiro atoms. The van der Waals surface area contributed by atoms with Crippen LogP contribution in [0, 0.1) is 6.92 Å². The Bertz CT molecular complexity index is 896. The Morgan fingerprint density at radius 1 is 1.40 bits per heavy atom. The average molecular weight is 343 g/mol. The minimum atomic E-state index is -0.265. The van der Waals surface area contributed by atoms with Gasteiger partial charge in [-0.1, -0.05) is 6.07 Å². The maximum Gasteiger partial charge on any atom is 0.252 e. The van der Waals surface area contributed by atoms with E-state index in [1.54, 1.807) is 10.6 Å². The first-order valence-electron chi connectivity index (χ1n) is 8.25. The molecule has 0 unspecified atom stereocenters. The van der Waals surface area contributed by atoms with Crippen LogP contribution in [0.3, 0.4) is 0 Å². The van der Waals surface area contributed by atoms with Crippen LogP contribution in [0.15, 0.2) is 33.9 Å². The minimum absolute atomic E-state index is 0.0633. The molecule has 2 heterocycles. The predicted octanol–water partition coefficient (Wildman–Crippen LogP) is 0.275. The molecule has 0 radical (unpaired) electrons. The van der Waals surface area contributed by atoms with E-state index in [4.69, 9.17) is 5.73 Å². The smallest absolute Gasteiger partial charge is 0.252 e. The van der Waals surface area contributed by atoms with Gasteiger partial charge in [0.25, 0.3) is 11.1 Å². The van der Waals surface area contributed by atoms with E-state index in [1.165, 1.54) is 12.1 Å². The summed E-state index contributed by atoms with van der Waals surface area (Å²) in [7, 11) is 0. The summed E-state index contributed by atoms with van der Waals surface area (Å²) < 4.78 is 1.59. The zero-order valence-electron chi connectivity index (χ0n) is 14.0. The number of hydrogen-bond donors (Lipinski definition) is 3. The molecule has 2 aromatic rings. The predicted molar refractivity (Wildman–Crippen MR) is 93.2 cm³/mol. The van der Waals surface area contributed by atoms with Gasteiger partial charge in [0.05, 0.1) is 5.69 Å². The third-order valence-corrected chi connectivity index (χ3v) is 4.53. The fourth-order valence-corrected chi connectivity index (χ4v) is 3.11. The molecule has 8 heteroatoms. The molecule has 0 aromatic carbocycles. The zero-order valence-corrected chi connectivity index (χ0v) is 14.0. The molecule has 2 aromatic heterocycles. The standard InChI is InChI=1S/C17H21N5O3/c1-10-3-2-4-16(25)22(10)6-5-14(23)19-12-7-11(8-12)13-9-15(24)21-17(18)20-13/h2-4,9,11-12H,5-8H2,1H3,(H,19,23)(H3,18,20,21,24). The molecule has 1 saturated carbocycles. The molecule has 3 rings (SSSR count). The fourth-order valence-electron chi connectivity index (χ4n) is 3.11. The summed E-state index contributed by atoms with van der Waals surface area (Å²) >= 11 is 0. The van der Waals surface area contributed by atoms with Gasteiger partial charge in [-0.15, -0.1) is 0 Å². The van der Waals surface area contributed by atoms with Gasteiger partial charge in [-0.3, -0.25) is 19.4 Å². The third kappa shape index (κ3) is 3.96. The van der Waals surface area contributed by atoms with Crippen molar-refractivity contribution in [2.24, 2.45) is 0 Å². The number of nitrogens with one attached hydrogen (secondary N) is 2. The highest BCUT2D eigenvalue weighted by Gasteiger charge is 2.32. The van der Waals surface area contributed by atoms with E-state index in [9.17, 15) is 14.4 Å². The Labute approximate surface area is 144 Å². The summed E-state index contributed by atoms with van der Waals surface area (Å²) in [6, 6.07) is 6.55. The molecule has 132 valence electrons. The quantitative estimate of drug-likeness (QED) is 0.719. The van der Waals surface area contributed by atoms with Crippen molar-refractivity contribution in [3.05, 3.63) is 56.4 Å². The monoisotopic (exact) mass is 343 g/mol. The summed E-state index contributed by atoms with van der Waals surface area (Å²) in [4.78, 5) is 41.8. The largest absolute Gasteiger partial charge is 0.369 e. The SMILES string of the molecule is Cc1cccc(=O)n1CCC(=O)NC1CC(c2cc(=O)[nH]c(N)n2)C1. The van der Waals surface area contributed by atoms with Crippen LogP contribution in [-0.2, 0) is 11.3 Å². The van der Waals surface area contributed by atoms with E-state index in [2.05, 4.69) is 15.3 Å². The fraction of sp³-hybridized carbons (Fsp3) is 0.412. The van der Waals surface area contributed by atoms with Crippen molar-refractivity contribution in [1.82, 2.24) is 19.9 Å². The second-order valence-electron chi connectivity index (χ2n) is 6.40. The highest BCUT2D eigenvalue weighted by Crippen LogP contribution is 2.35. The summed E-state index contributed by atoms with van der Waals surface area (Å²) in [6.45, 7) is 2.20. The molecule has 4 N–H and O–H groups in total. The number of nitrogen functional groups attached to an aromatic ring is 1. The van der Waals surface area contributed by atoms with E-state index >= 15 is 0 Å². The van der Waals surface area contributed by atoms with Gasteiger partial charge in [-0.05, 0) is 25.8 Å². The summed E-state index contributed by atoms with van der Waals surface area (Å²) in [5, 5.41) is 2.96. The maximum atomic E-state index is 12.1. The highest BCUT2D eigenvalue weighted by atomic mass is 16.2. The molecule has 0 aliphatic heterocycles. The Balaban J connectivity index is 1.49. The van der Waals surface area contributed by atoms with Gasteiger partial charge in [0, 0.05) is 42.8 Å². The Morgan fingerprint density at radius 3 is 2.84 bits per heavy atom. The second-order valence-corrected chi connectivity index (χ2v) is 6.40. The summed E-state index contributed by atoms with van der Waals surface area (Å²) in [5.41, 5.74) is 6.68. The lowest BCUT2D eigenvalue weighted by Gasteiger charge is -2.35. The number of nitrogens with two attached hydrogens (primary N) is 1. The summed E-state index contributed by atoms with van der Waals surface area (Å²) in [5.74, 6) is 0.157. The van der Waals surface area contributed by atoms with Crippen molar-refractivity contribution < 1.29 is 4.79 Å². The number of carbonyl (C=O) groups is 1. The molecular weight excluding hydrogens is 322 g/mol. The third-order valence-electron chi connectivity index (χ3n) is 4.53. The highest BCUT2D eigenvalue weighted by molar-refractivity contribution is 5.76. The average Bonchev–Trinajstić information content (AvgIpc) is 2.49. The number of anilines is 1. The normalized spacial score (nSPS) is 19.2. The van der Waals surface area contributed by atoms with Crippen LogP contribution in [0.25, 0.3) is 0 Å². The van der Waals surface area contributed by atoms with Crippen LogP contribution in [0.2, 0.25) is 0 Å². The number of nitrogens with zero attached hydrogens (tertiary/aromatic N) is 2. The lowest BCUT2D eigenvalue weighted by molar-refractivity contribution is -0.122. The van der Waals surface area contributed by atoms with E-state index in [-0.39, 0.29) is 41.4 Å². The van der Waals surface area contributed by atoms with Gasteiger partial charge in [0.2, 0.25) is 11.9 Å². The number of rotatable bonds is 5. The van der Waals surface area contributed by atoms with Gasteiger partial charge in [0.1, 0.15) is 0 Å². The summed E-state index contributed by atoms with van der Waals surface area (Å²) in [6.07, 6.45) is 1.71. The molecule has 1 fully saturated rings. The van der Waals surface area contributed by atoms with E-state index in [1.807, 2.05) is 13.0 Å². The van der Waals surface area contributed by atoms with Crippen LogP contribution < -0.4 is 22.2 Å². The lowest BCUT2D eigenvalue weighted by Crippen LogP contribution is -2.44. The number of carbonyl (C=O) groups excluding carboxylic acids is 1. The first kappa shape index (κ1) is 16.9. The molecule has 0 atom stereocenters. The van der Waals surface area contributed by atoms with E-state index in [0.29, 0.717) is 12.2 Å². The molecule has 0 saturated heterocycles. The first-order valence-corrected chi connectivity index (χ1v) is 8.25. The van der Waals surface area contributed by atoms with Crippen molar-refractivity contribution in [3.63, 3.8) is 0 Å². The number of aromatic nitrogens is 3. The van der Waals surface area contributed by atoms with Gasteiger partial charge < -0.3 is 15.6 Å². The zero-order chi connectivity index (χ0) is 18.0. The number of amides is 1. The van der Waals surface area contributed by atoms with Crippen LogP contribution in [0.5, 0.6) is 0 Å². The van der Waals surface area contributed by atoms with Gasteiger partial charge >= 0.3 is 0 Å². The van der Waals surface area contributed by atoms with Crippen molar-refractivity contribution >= 4 is 11.9 Å². The number of aromatic amines is 1. The molecule has 1 amide bonds. The lowest BCUT2D eigenvalue weighted by atomic mass is 9.78. The maximum absolute atomic E-state index is 12.1. The molecule has 1 aliphatic carbocycles. The van der Waals surface area contributed by atoms with Crippen molar-refractivity contribution in [3.8, 4) is 0 Å². The molecule has 0 bridgehead atoms. The van der Waals surface area contributed by atoms with E-state index in [0.717, 1.165) is 18.5 Å². The van der Waals surface area contributed by atoms with Gasteiger partial charge in [0.15, 0.2) is 0 Å². The van der Waals surface area contributed by atoms with E-state index < -0.39 is 0 Å². The Hall–Kier alpha value is -2.90. The molecule has 1 aliphatic rings. The minimum Gasteiger partial charge on any atom is -0.369 e. The number of pyridine rings is 1. The van der Waals surface area contributed by atoms with Crippen molar-refractivity contribution in [1.29, 1.82) is 0 Å². The Kier molecular flexibility index (Phi) is 4.69. The van der Waals surface area contributed by atoms with Crippen LogP contribution in [0.4, 0.5) is 5.95 Å². The second kappa shape index (κ2) is 6.92. The number of H-pyrrole nitrogens is 1.